The van der Waals surface area contributed by atoms with Crippen molar-refractivity contribution in [2.75, 3.05) is 20.2 Å². The van der Waals surface area contributed by atoms with Crippen LogP contribution in [0.25, 0.3) is 0 Å². The zero-order chi connectivity index (χ0) is 14.8. The molecule has 0 fully saturated rings. The van der Waals surface area contributed by atoms with Crippen LogP contribution in [0.4, 0.5) is 0 Å². The van der Waals surface area contributed by atoms with Gasteiger partial charge in [-0.25, -0.2) is 0 Å². The monoisotopic (exact) mass is 274 g/mol. The molecule has 0 aliphatic rings. The normalized spacial score (nSPS) is 9.30. The average Bonchev–Trinajstić information content (AvgIpc) is 2.47. The molecule has 1 aromatic rings. The van der Waals surface area contributed by atoms with E-state index in [2.05, 4.69) is 22.5 Å². The van der Waals surface area contributed by atoms with E-state index in [0.717, 1.165) is 5.56 Å². The maximum atomic E-state index is 11.9. The Morgan fingerprint density at radius 2 is 2.15 bits per heavy atom. The summed E-state index contributed by atoms with van der Waals surface area (Å²) in [6.45, 7) is 0.311. The molecular weight excluding hydrogens is 256 g/mol. The van der Waals surface area contributed by atoms with Crippen molar-refractivity contribution in [1.29, 1.82) is 0 Å². The Balaban J connectivity index is 2.58. The number of rotatable bonds is 5. The molecule has 0 saturated heterocycles. The summed E-state index contributed by atoms with van der Waals surface area (Å²) in [6, 6.07) is 6.91. The Morgan fingerprint density at radius 3 is 2.85 bits per heavy atom. The summed E-state index contributed by atoms with van der Waals surface area (Å²) in [6.07, 6.45) is 0.654. The molecule has 0 aliphatic heterocycles. The zero-order valence-corrected chi connectivity index (χ0v) is 11.4. The van der Waals surface area contributed by atoms with Gasteiger partial charge < -0.3 is 15.7 Å². The maximum Gasteiger partial charge on any atom is 0.251 e. The number of nitrogens with one attached hydrogen (secondary N) is 2. The summed E-state index contributed by atoms with van der Waals surface area (Å²) in [5.74, 6) is 5.32. The van der Waals surface area contributed by atoms with Crippen molar-refractivity contribution in [3.05, 3.63) is 35.4 Å². The van der Waals surface area contributed by atoms with Crippen LogP contribution in [0.15, 0.2) is 24.3 Å². The van der Waals surface area contributed by atoms with Crippen LogP contribution >= 0.6 is 0 Å². The molecule has 0 spiro atoms. The Kier molecular flexibility index (Phi) is 6.87. The van der Waals surface area contributed by atoms with Gasteiger partial charge in [0.1, 0.15) is 0 Å². The second kappa shape index (κ2) is 8.73. The first-order chi connectivity index (χ1) is 9.67. The van der Waals surface area contributed by atoms with E-state index >= 15 is 0 Å². The van der Waals surface area contributed by atoms with E-state index < -0.39 is 0 Å². The Morgan fingerprint density at radius 1 is 1.35 bits per heavy atom. The molecule has 3 N–H and O–H groups in total. The lowest BCUT2D eigenvalue weighted by molar-refractivity contribution is -0.120. The molecule has 20 heavy (non-hydrogen) atoms. The minimum Gasteiger partial charge on any atom is -0.395 e. The second-order valence-electron chi connectivity index (χ2n) is 4.04. The molecule has 0 bridgehead atoms. The molecule has 5 nitrogen and oxygen atoms in total. The molecule has 0 atom stereocenters. The molecule has 0 saturated carbocycles. The van der Waals surface area contributed by atoms with Gasteiger partial charge in [0.05, 0.1) is 6.61 Å². The van der Waals surface area contributed by atoms with E-state index in [4.69, 9.17) is 5.11 Å². The van der Waals surface area contributed by atoms with Crippen molar-refractivity contribution in [3.63, 3.8) is 0 Å². The summed E-state index contributed by atoms with van der Waals surface area (Å²) < 4.78 is 0. The number of aliphatic hydroxyl groups excluding tert-OH is 1. The molecule has 0 unspecified atom stereocenters. The lowest BCUT2D eigenvalue weighted by Gasteiger charge is -2.05. The van der Waals surface area contributed by atoms with E-state index in [1.54, 1.807) is 31.3 Å². The number of hydrogen-bond acceptors (Lipinski definition) is 3. The van der Waals surface area contributed by atoms with Gasteiger partial charge in [-0.2, -0.15) is 0 Å². The fourth-order valence-corrected chi connectivity index (χ4v) is 1.48. The molecule has 0 heterocycles. The number of carbonyl (C=O) groups is 2. The third-order valence-corrected chi connectivity index (χ3v) is 2.51. The Hall–Kier alpha value is -2.32. The fourth-order valence-electron chi connectivity index (χ4n) is 1.48. The van der Waals surface area contributed by atoms with E-state index in [0.29, 0.717) is 18.5 Å². The van der Waals surface area contributed by atoms with Crippen LogP contribution in [0, 0.1) is 11.8 Å². The molecule has 5 heteroatoms. The van der Waals surface area contributed by atoms with Gasteiger partial charge in [0.25, 0.3) is 5.91 Å². The van der Waals surface area contributed by atoms with Crippen molar-refractivity contribution in [2.45, 2.75) is 12.8 Å². The highest BCUT2D eigenvalue weighted by atomic mass is 16.2. The zero-order valence-electron chi connectivity index (χ0n) is 11.4. The first kappa shape index (κ1) is 15.7. The first-order valence-corrected chi connectivity index (χ1v) is 6.36. The number of carbonyl (C=O) groups excluding carboxylic acids is 2. The summed E-state index contributed by atoms with van der Waals surface area (Å²) in [4.78, 5) is 22.9. The Labute approximate surface area is 118 Å². The van der Waals surface area contributed by atoms with Crippen molar-refractivity contribution < 1.29 is 14.7 Å². The summed E-state index contributed by atoms with van der Waals surface area (Å²) in [5, 5.41) is 13.8. The predicted molar refractivity (Wildman–Crippen MR) is 76.0 cm³/mol. The fraction of sp³-hybridized carbons (Fsp3) is 0.333. The molecule has 106 valence electrons. The third-order valence-electron chi connectivity index (χ3n) is 2.51. The van der Waals surface area contributed by atoms with Gasteiger partial charge in [-0.15, -0.1) is 0 Å². The van der Waals surface area contributed by atoms with E-state index in [1.807, 2.05) is 0 Å². The van der Waals surface area contributed by atoms with Crippen LogP contribution in [-0.2, 0) is 4.79 Å². The van der Waals surface area contributed by atoms with Gasteiger partial charge >= 0.3 is 0 Å². The number of amides is 2. The topological polar surface area (TPSA) is 78.4 Å². The summed E-state index contributed by atoms with van der Waals surface area (Å²) >= 11 is 0. The van der Waals surface area contributed by atoms with Gasteiger partial charge in [-0.05, 0) is 18.2 Å². The van der Waals surface area contributed by atoms with Gasteiger partial charge in [-0.3, -0.25) is 9.59 Å². The van der Waals surface area contributed by atoms with Crippen LogP contribution in [0.1, 0.15) is 28.8 Å². The highest BCUT2D eigenvalue weighted by Gasteiger charge is 2.06. The number of aliphatic hydroxyl groups is 1. The van der Waals surface area contributed by atoms with Crippen LogP contribution in [0.2, 0.25) is 0 Å². The van der Waals surface area contributed by atoms with Crippen molar-refractivity contribution in [2.24, 2.45) is 0 Å². The van der Waals surface area contributed by atoms with Crippen LogP contribution in [0.3, 0.4) is 0 Å². The minimum absolute atomic E-state index is 0.0205. The first-order valence-electron chi connectivity index (χ1n) is 6.36. The van der Waals surface area contributed by atoms with Gasteiger partial charge in [0.15, 0.2) is 0 Å². The lowest BCUT2D eigenvalue weighted by Crippen LogP contribution is -2.29. The van der Waals surface area contributed by atoms with E-state index in [1.165, 1.54) is 0 Å². The standard InChI is InChI=1S/C15H18N2O3/c1-16-14(19)8-9-17-15(20)13-7-4-6-12(11-13)5-2-3-10-18/h4,6-7,11,18H,3,8-10H2,1H3,(H,16,19)(H,17,20). The highest BCUT2D eigenvalue weighted by Crippen LogP contribution is 2.04. The predicted octanol–water partition coefficient (Wildman–Crippen LogP) is 0.286. The molecular formula is C15H18N2O3. The summed E-state index contributed by atoms with van der Waals surface area (Å²) in [7, 11) is 1.55. The molecule has 1 aromatic carbocycles. The van der Waals surface area contributed by atoms with Gasteiger partial charge in [0.2, 0.25) is 5.91 Å². The van der Waals surface area contributed by atoms with E-state index in [-0.39, 0.29) is 24.8 Å². The van der Waals surface area contributed by atoms with Crippen molar-refractivity contribution >= 4 is 11.8 Å². The van der Waals surface area contributed by atoms with Crippen LogP contribution in [0.5, 0.6) is 0 Å². The smallest absolute Gasteiger partial charge is 0.251 e. The maximum absolute atomic E-state index is 11.9. The van der Waals surface area contributed by atoms with E-state index in [9.17, 15) is 9.59 Å². The number of benzene rings is 1. The van der Waals surface area contributed by atoms with Gasteiger partial charge in [-0.1, -0.05) is 17.9 Å². The van der Waals surface area contributed by atoms with Crippen molar-refractivity contribution in [3.8, 4) is 11.8 Å². The largest absolute Gasteiger partial charge is 0.395 e. The van der Waals surface area contributed by atoms with Crippen LogP contribution < -0.4 is 10.6 Å². The van der Waals surface area contributed by atoms with Gasteiger partial charge in [0, 0.05) is 37.6 Å². The SMILES string of the molecule is CNC(=O)CCNC(=O)c1cccc(C#CCCO)c1. The minimum atomic E-state index is -0.236. The molecule has 0 radical (unpaired) electrons. The molecule has 0 aromatic heterocycles. The van der Waals surface area contributed by atoms with Crippen LogP contribution in [-0.4, -0.2) is 37.1 Å². The summed E-state index contributed by atoms with van der Waals surface area (Å²) in [5.41, 5.74) is 1.22. The van der Waals surface area contributed by atoms with Crippen molar-refractivity contribution in [1.82, 2.24) is 10.6 Å². The molecule has 1 rings (SSSR count). The average molecular weight is 274 g/mol. The highest BCUT2D eigenvalue weighted by molar-refractivity contribution is 5.94. The third kappa shape index (κ3) is 5.55. The molecule has 0 aliphatic carbocycles. The number of hydrogen-bond donors (Lipinski definition) is 3. The second-order valence-corrected chi connectivity index (χ2v) is 4.04. The molecule has 2 amide bonds. The quantitative estimate of drug-likeness (QED) is 0.675. The lowest BCUT2D eigenvalue weighted by atomic mass is 10.1. The Bertz CT molecular complexity index is 529.